The van der Waals surface area contributed by atoms with Gasteiger partial charge in [0, 0.05) is 42.0 Å². The summed E-state index contributed by atoms with van der Waals surface area (Å²) >= 11 is 0. The van der Waals surface area contributed by atoms with Crippen molar-refractivity contribution < 1.29 is 19.1 Å². The highest BCUT2D eigenvalue weighted by Gasteiger charge is 2.33. The lowest BCUT2D eigenvalue weighted by molar-refractivity contribution is 0.0647. The molecular formula is C45H39N5O4. The van der Waals surface area contributed by atoms with Gasteiger partial charge in [0.1, 0.15) is 6.61 Å². The van der Waals surface area contributed by atoms with Gasteiger partial charge < -0.3 is 20.1 Å². The van der Waals surface area contributed by atoms with E-state index in [0.29, 0.717) is 64.5 Å². The van der Waals surface area contributed by atoms with Crippen molar-refractivity contribution in [1.29, 1.82) is 0 Å². The smallest absolute Gasteiger partial charge is 0.283 e. The van der Waals surface area contributed by atoms with Crippen LogP contribution in [0.1, 0.15) is 37.5 Å². The zero-order valence-electron chi connectivity index (χ0n) is 29.8. The lowest BCUT2D eigenvalue weighted by Crippen LogP contribution is -2.48. The van der Waals surface area contributed by atoms with E-state index in [1.807, 2.05) is 132 Å². The molecule has 7 aromatic rings. The summed E-state index contributed by atoms with van der Waals surface area (Å²) in [5.74, 6) is 0.271. The molecule has 6 aromatic carbocycles. The van der Waals surface area contributed by atoms with Gasteiger partial charge in [0.05, 0.1) is 23.9 Å². The maximum absolute atomic E-state index is 15.0. The number of nitrogens with zero attached hydrogens (tertiary/aromatic N) is 4. The quantitative estimate of drug-likeness (QED) is 0.154. The van der Waals surface area contributed by atoms with Gasteiger partial charge in [-0.25, -0.2) is 4.68 Å². The van der Waals surface area contributed by atoms with Crippen molar-refractivity contribution in [3.8, 4) is 17.2 Å². The second-order valence-corrected chi connectivity index (χ2v) is 13.2. The van der Waals surface area contributed by atoms with Crippen molar-refractivity contribution in [3.05, 3.63) is 180 Å². The first-order valence-electron chi connectivity index (χ1n) is 17.9. The van der Waals surface area contributed by atoms with Gasteiger partial charge in [-0.05, 0) is 59.5 Å². The van der Waals surface area contributed by atoms with Crippen LogP contribution in [0.4, 0.5) is 11.4 Å². The van der Waals surface area contributed by atoms with Gasteiger partial charge in [0.25, 0.3) is 11.8 Å². The number of amides is 2. The molecule has 2 heterocycles. The van der Waals surface area contributed by atoms with Gasteiger partial charge in [-0.15, -0.1) is 0 Å². The number of ether oxygens (including phenoxy) is 2. The average molecular weight is 714 g/mol. The monoisotopic (exact) mass is 713 g/mol. The normalized spacial score (nSPS) is 13.7. The number of para-hydroxylation sites is 3. The van der Waals surface area contributed by atoms with Gasteiger partial charge in [-0.1, -0.05) is 109 Å². The fourth-order valence-electron chi connectivity index (χ4n) is 7.15. The van der Waals surface area contributed by atoms with Crippen LogP contribution in [0.3, 0.4) is 0 Å². The van der Waals surface area contributed by atoms with E-state index in [1.54, 1.807) is 28.8 Å². The first-order valence-corrected chi connectivity index (χ1v) is 17.9. The molecule has 0 fully saturated rings. The molecule has 0 saturated heterocycles. The number of hydrogen-bond donors (Lipinski definition) is 1. The Morgan fingerprint density at radius 2 is 1.37 bits per heavy atom. The van der Waals surface area contributed by atoms with Crippen molar-refractivity contribution in [2.24, 2.45) is 5.73 Å². The predicted molar refractivity (Wildman–Crippen MR) is 211 cm³/mol. The number of benzene rings is 6. The van der Waals surface area contributed by atoms with Crippen LogP contribution in [0.15, 0.2) is 152 Å². The van der Waals surface area contributed by atoms with Crippen LogP contribution in [0.5, 0.6) is 11.5 Å². The largest absolute Gasteiger partial charge is 0.493 e. The summed E-state index contributed by atoms with van der Waals surface area (Å²) in [6.07, 6.45) is 0.638. The number of anilines is 2. The average Bonchev–Trinajstić information content (AvgIpc) is 3.62. The third-order valence-corrected chi connectivity index (χ3v) is 9.89. The Morgan fingerprint density at radius 1 is 0.759 bits per heavy atom. The summed E-state index contributed by atoms with van der Waals surface area (Å²) in [6.45, 7) is 0.960. The predicted octanol–water partition coefficient (Wildman–Crippen LogP) is 8.12. The molecule has 9 nitrogen and oxygen atoms in total. The van der Waals surface area contributed by atoms with Gasteiger partial charge in [0.2, 0.25) is 0 Å². The standard InChI is InChI=1S/C45H39N5O4/c1-53-41-27-40(50-39-24-14-13-23-37(39)43(47-50)45(52)49(34-19-7-3-8-20-34)35-21-9-4-10-22-35)38(26-42(41)54-30-31-15-5-2-6-16-31)44(51)48-29-33-18-12-11-17-32(33)25-36(48)28-46/h2-24,26-27,36H,25,28-30,46H2,1H3/t36-/m0/s1. The fourth-order valence-corrected chi connectivity index (χ4v) is 7.15. The Hall–Kier alpha value is -6.71. The third kappa shape index (κ3) is 6.57. The summed E-state index contributed by atoms with van der Waals surface area (Å²) in [7, 11) is 1.57. The molecular weight excluding hydrogens is 675 g/mol. The molecule has 0 bridgehead atoms. The highest BCUT2D eigenvalue weighted by molar-refractivity contribution is 6.16. The molecule has 1 atom stereocenters. The van der Waals surface area contributed by atoms with Gasteiger partial charge in [0.15, 0.2) is 17.2 Å². The van der Waals surface area contributed by atoms with Crippen molar-refractivity contribution in [3.63, 3.8) is 0 Å². The van der Waals surface area contributed by atoms with Crippen molar-refractivity contribution in [2.75, 3.05) is 18.6 Å². The molecule has 54 heavy (non-hydrogen) atoms. The van der Waals surface area contributed by atoms with E-state index in [1.165, 1.54) is 5.56 Å². The molecule has 1 aliphatic heterocycles. The Morgan fingerprint density at radius 3 is 2.04 bits per heavy atom. The Balaban J connectivity index is 1.29. The second kappa shape index (κ2) is 15.1. The molecule has 1 aromatic heterocycles. The zero-order valence-corrected chi connectivity index (χ0v) is 29.8. The maximum atomic E-state index is 15.0. The number of rotatable bonds is 10. The minimum Gasteiger partial charge on any atom is -0.493 e. The van der Waals surface area contributed by atoms with Crippen LogP contribution in [0.2, 0.25) is 0 Å². The van der Waals surface area contributed by atoms with Gasteiger partial charge in [-0.2, -0.15) is 5.10 Å². The van der Waals surface area contributed by atoms with E-state index >= 15 is 4.79 Å². The number of hydrogen-bond acceptors (Lipinski definition) is 6. The van der Waals surface area contributed by atoms with Crippen molar-refractivity contribution in [2.45, 2.75) is 25.6 Å². The topological polar surface area (TPSA) is 103 Å². The number of fused-ring (bicyclic) bond motifs is 2. The molecule has 1 aliphatic rings. The Labute approximate surface area is 313 Å². The molecule has 9 heteroatoms. The van der Waals surface area contributed by atoms with E-state index in [4.69, 9.17) is 20.3 Å². The number of carbonyl (C=O) groups is 2. The molecule has 0 saturated carbocycles. The number of methoxy groups -OCH3 is 1. The molecule has 8 rings (SSSR count). The number of aromatic nitrogens is 2. The number of nitrogens with two attached hydrogens (primary N) is 1. The van der Waals surface area contributed by atoms with E-state index in [9.17, 15) is 4.79 Å². The lowest BCUT2D eigenvalue weighted by Gasteiger charge is -2.37. The number of carbonyl (C=O) groups excluding carboxylic acids is 2. The summed E-state index contributed by atoms with van der Waals surface area (Å²) in [5, 5.41) is 5.66. The van der Waals surface area contributed by atoms with Crippen LogP contribution in [-0.4, -0.2) is 46.2 Å². The highest BCUT2D eigenvalue weighted by Crippen LogP contribution is 2.38. The molecule has 0 spiro atoms. The highest BCUT2D eigenvalue weighted by atomic mass is 16.5. The van der Waals surface area contributed by atoms with Crippen LogP contribution in [0.25, 0.3) is 16.6 Å². The fraction of sp³-hybridized carbons (Fsp3) is 0.133. The lowest BCUT2D eigenvalue weighted by atomic mass is 9.93. The van der Waals surface area contributed by atoms with E-state index in [2.05, 4.69) is 12.1 Å². The summed E-state index contributed by atoms with van der Waals surface area (Å²) in [6, 6.07) is 47.8. The van der Waals surface area contributed by atoms with Crippen LogP contribution >= 0.6 is 0 Å². The van der Waals surface area contributed by atoms with Crippen molar-refractivity contribution >= 4 is 34.1 Å². The Bertz CT molecular complexity index is 2390. The van der Waals surface area contributed by atoms with Crippen LogP contribution < -0.4 is 20.1 Å². The van der Waals surface area contributed by atoms with Gasteiger partial charge >= 0.3 is 0 Å². The SMILES string of the molecule is COc1cc(-n2nc(C(=O)N(c3ccccc3)c3ccccc3)c3ccccc32)c(C(=O)N2Cc3ccccc3C[C@H]2CN)cc1OCc1ccccc1. The molecule has 0 unspecified atom stereocenters. The molecule has 2 amide bonds. The second-order valence-electron chi connectivity index (χ2n) is 13.2. The van der Waals surface area contributed by atoms with E-state index < -0.39 is 0 Å². The minimum atomic E-state index is -0.319. The first kappa shape index (κ1) is 34.4. The molecule has 0 radical (unpaired) electrons. The van der Waals surface area contributed by atoms with E-state index in [-0.39, 0.29) is 30.2 Å². The molecule has 2 N–H and O–H groups in total. The summed E-state index contributed by atoms with van der Waals surface area (Å²) < 4.78 is 13.9. The van der Waals surface area contributed by atoms with Gasteiger partial charge in [-0.3, -0.25) is 14.5 Å². The first-order chi connectivity index (χ1) is 26.5. The van der Waals surface area contributed by atoms with Crippen LogP contribution in [0, 0.1) is 0 Å². The van der Waals surface area contributed by atoms with E-state index in [0.717, 1.165) is 11.1 Å². The summed E-state index contributed by atoms with van der Waals surface area (Å²) in [4.78, 5) is 33.3. The zero-order chi connectivity index (χ0) is 37.0. The molecule has 0 aliphatic carbocycles. The summed E-state index contributed by atoms with van der Waals surface area (Å²) in [5.41, 5.74) is 12.6. The van der Waals surface area contributed by atoms with Crippen molar-refractivity contribution in [1.82, 2.24) is 14.7 Å². The Kier molecular flexibility index (Phi) is 9.62. The third-order valence-electron chi connectivity index (χ3n) is 9.89. The minimum absolute atomic E-state index is 0.229. The maximum Gasteiger partial charge on any atom is 0.283 e. The van der Waals surface area contributed by atoms with Crippen LogP contribution in [-0.2, 0) is 19.6 Å². The molecule has 268 valence electrons.